The number of hydrogen-bond acceptors (Lipinski definition) is 6. The molecule has 0 aliphatic carbocycles. The highest BCUT2D eigenvalue weighted by Crippen LogP contribution is 2.32. The van der Waals surface area contributed by atoms with Gasteiger partial charge in [-0.05, 0) is 12.1 Å². The summed E-state index contributed by atoms with van der Waals surface area (Å²) >= 11 is 0. The van der Waals surface area contributed by atoms with Gasteiger partial charge in [-0.15, -0.1) is 6.42 Å². The summed E-state index contributed by atoms with van der Waals surface area (Å²) in [5, 5.41) is 8.59. The van der Waals surface area contributed by atoms with Crippen LogP contribution < -0.4 is 9.47 Å². The van der Waals surface area contributed by atoms with Crippen LogP contribution in [0.4, 0.5) is 0 Å². The molecule has 0 radical (unpaired) electrons. The summed E-state index contributed by atoms with van der Waals surface area (Å²) in [7, 11) is 0. The number of nitriles is 1. The number of ether oxygens (including phenoxy) is 2. The summed E-state index contributed by atoms with van der Waals surface area (Å²) in [6.07, 6.45) is 8.41. The normalized spacial score (nSPS) is 10.0. The van der Waals surface area contributed by atoms with Crippen molar-refractivity contribution in [3.63, 3.8) is 0 Å². The van der Waals surface area contributed by atoms with Gasteiger partial charge in [-0.3, -0.25) is 0 Å². The van der Waals surface area contributed by atoms with E-state index in [1.165, 1.54) is 0 Å². The van der Waals surface area contributed by atoms with E-state index in [-0.39, 0.29) is 13.2 Å². The molecule has 0 bridgehead atoms. The van der Waals surface area contributed by atoms with E-state index in [1.807, 2.05) is 6.07 Å². The molecule has 0 spiro atoms. The maximum Gasteiger partial charge on any atom is 0.197 e. The van der Waals surface area contributed by atoms with E-state index in [1.54, 1.807) is 30.6 Å². The maximum atomic E-state index is 8.59. The molecule has 3 aromatic rings. The van der Waals surface area contributed by atoms with Gasteiger partial charge in [0.2, 0.25) is 0 Å². The largest absolute Gasteiger partial charge is 0.480 e. The monoisotopic (exact) mass is 305 g/mol. The molecule has 112 valence electrons. The lowest BCUT2D eigenvalue weighted by Crippen LogP contribution is -1.99. The van der Waals surface area contributed by atoms with Crippen LogP contribution in [0.5, 0.6) is 11.5 Å². The first kappa shape index (κ1) is 14.4. The molecule has 0 aliphatic rings. The Labute approximate surface area is 131 Å². The first-order valence-corrected chi connectivity index (χ1v) is 6.69. The second kappa shape index (κ2) is 6.46. The molecule has 0 fully saturated rings. The molecule has 0 atom stereocenters. The lowest BCUT2D eigenvalue weighted by Gasteiger charge is -2.10. The summed E-state index contributed by atoms with van der Waals surface area (Å²) in [6, 6.07) is 7.08. The highest BCUT2D eigenvalue weighted by atomic mass is 16.5. The van der Waals surface area contributed by atoms with Gasteiger partial charge in [-0.2, -0.15) is 5.26 Å². The van der Waals surface area contributed by atoms with Gasteiger partial charge in [0.05, 0.1) is 5.56 Å². The van der Waals surface area contributed by atoms with E-state index in [0.29, 0.717) is 34.2 Å². The van der Waals surface area contributed by atoms with Crippen molar-refractivity contribution in [2.45, 2.75) is 0 Å². The molecule has 2 heterocycles. The van der Waals surface area contributed by atoms with E-state index in [0.717, 1.165) is 0 Å². The van der Waals surface area contributed by atoms with Crippen molar-refractivity contribution in [2.24, 2.45) is 0 Å². The molecule has 23 heavy (non-hydrogen) atoms. The maximum absolute atomic E-state index is 8.59. The third-order valence-corrected chi connectivity index (χ3v) is 2.96. The van der Waals surface area contributed by atoms with Crippen molar-refractivity contribution in [2.75, 3.05) is 13.2 Å². The summed E-state index contributed by atoms with van der Waals surface area (Å²) in [5.41, 5.74) is 1.79. The number of terminal acetylenes is 1. The van der Waals surface area contributed by atoms with E-state index < -0.39 is 0 Å². The van der Waals surface area contributed by atoms with Crippen molar-refractivity contribution in [3.05, 3.63) is 30.6 Å². The zero-order chi connectivity index (χ0) is 16.1. The Balaban J connectivity index is 2.02. The highest BCUT2D eigenvalue weighted by Gasteiger charge is 2.13. The van der Waals surface area contributed by atoms with E-state index >= 15 is 0 Å². The van der Waals surface area contributed by atoms with Crippen molar-refractivity contribution in [1.82, 2.24) is 19.9 Å². The summed E-state index contributed by atoms with van der Waals surface area (Å²) < 4.78 is 10.8. The Kier molecular flexibility index (Phi) is 4.03. The van der Waals surface area contributed by atoms with E-state index in [9.17, 15) is 0 Å². The van der Waals surface area contributed by atoms with Crippen LogP contribution in [0.15, 0.2) is 30.6 Å². The van der Waals surface area contributed by atoms with Crippen LogP contribution in [-0.4, -0.2) is 33.1 Å². The van der Waals surface area contributed by atoms with Crippen LogP contribution in [0.2, 0.25) is 0 Å². The second-order valence-corrected chi connectivity index (χ2v) is 4.41. The average molecular weight is 305 g/mol. The zero-order valence-electron chi connectivity index (χ0n) is 12.0. The topological polar surface area (TPSA) is 96.7 Å². The van der Waals surface area contributed by atoms with E-state index in [4.69, 9.17) is 21.2 Å². The number of hydrogen-bond donors (Lipinski definition) is 1. The first-order chi connectivity index (χ1) is 11.3. The molecule has 0 saturated carbocycles. The summed E-state index contributed by atoms with van der Waals surface area (Å²) in [5.74, 6) is 3.98. The molecule has 3 rings (SSSR count). The van der Waals surface area contributed by atoms with Gasteiger partial charge in [0.15, 0.2) is 17.9 Å². The van der Waals surface area contributed by atoms with Crippen molar-refractivity contribution in [1.29, 1.82) is 5.26 Å². The Hall–Kier alpha value is -3.58. The zero-order valence-corrected chi connectivity index (χ0v) is 12.0. The predicted molar refractivity (Wildman–Crippen MR) is 82.6 cm³/mol. The second-order valence-electron chi connectivity index (χ2n) is 4.41. The fraction of sp³-hybridized carbons (Fsp3) is 0.125. The van der Waals surface area contributed by atoms with Gasteiger partial charge in [0.25, 0.3) is 0 Å². The summed E-state index contributed by atoms with van der Waals surface area (Å²) in [4.78, 5) is 15.8. The van der Waals surface area contributed by atoms with Crippen molar-refractivity contribution < 1.29 is 9.47 Å². The van der Waals surface area contributed by atoms with Crippen molar-refractivity contribution in [3.8, 4) is 41.3 Å². The summed E-state index contributed by atoms with van der Waals surface area (Å²) in [6.45, 7) is 0.0534. The van der Waals surface area contributed by atoms with Gasteiger partial charge in [-0.25, -0.2) is 15.0 Å². The lowest BCUT2D eigenvalue weighted by molar-refractivity contribution is 0.351. The van der Waals surface area contributed by atoms with Crippen LogP contribution in [-0.2, 0) is 0 Å². The van der Waals surface area contributed by atoms with E-state index in [2.05, 4.69) is 25.9 Å². The Bertz CT molecular complexity index is 887. The molecule has 0 saturated heterocycles. The molecule has 0 unspecified atom stereocenters. The Morgan fingerprint density at radius 3 is 2.83 bits per heavy atom. The Morgan fingerprint density at radius 2 is 2.04 bits per heavy atom. The fourth-order valence-electron chi connectivity index (χ4n) is 2.02. The van der Waals surface area contributed by atoms with Crippen LogP contribution in [0.25, 0.3) is 22.7 Å². The molecule has 0 aliphatic heterocycles. The molecule has 2 aromatic heterocycles. The van der Waals surface area contributed by atoms with Gasteiger partial charge in [0, 0.05) is 18.5 Å². The van der Waals surface area contributed by atoms with Gasteiger partial charge in [-0.1, -0.05) is 5.92 Å². The molecular weight excluding hydrogens is 294 g/mol. The minimum absolute atomic E-state index is 0.0492. The number of nitrogens with zero attached hydrogens (tertiary/aromatic N) is 4. The van der Waals surface area contributed by atoms with Gasteiger partial charge < -0.3 is 14.5 Å². The average Bonchev–Trinajstić information content (AvgIpc) is 3.02. The van der Waals surface area contributed by atoms with Crippen LogP contribution in [0.1, 0.15) is 0 Å². The molecule has 1 aromatic carbocycles. The number of aromatic nitrogens is 4. The van der Waals surface area contributed by atoms with Crippen LogP contribution in [0.3, 0.4) is 0 Å². The molecule has 7 heteroatoms. The predicted octanol–water partition coefficient (Wildman–Crippen LogP) is 1.93. The number of benzene rings is 1. The third-order valence-electron chi connectivity index (χ3n) is 2.96. The molecule has 7 nitrogen and oxygen atoms in total. The minimum atomic E-state index is -0.0492. The van der Waals surface area contributed by atoms with Gasteiger partial charge in [0.1, 0.15) is 30.0 Å². The van der Waals surface area contributed by atoms with Crippen LogP contribution >= 0.6 is 0 Å². The standard InChI is InChI=1S/C16H11N5O2/c1-2-8-23-13-10-11(22-9-5-17)3-4-12(13)14-20-15-16(21-14)19-7-6-18-15/h1,3-4,6-7,10H,8-9H2,(H,18,19,20,21). The number of aromatic amines is 1. The number of rotatable bonds is 5. The molecule has 1 N–H and O–H groups in total. The highest BCUT2D eigenvalue weighted by molar-refractivity contribution is 5.75. The number of nitrogens with one attached hydrogen (secondary N) is 1. The fourth-order valence-corrected chi connectivity index (χ4v) is 2.02. The van der Waals surface area contributed by atoms with Crippen LogP contribution in [0, 0.1) is 23.7 Å². The van der Waals surface area contributed by atoms with Gasteiger partial charge >= 0.3 is 0 Å². The smallest absolute Gasteiger partial charge is 0.197 e. The quantitative estimate of drug-likeness (QED) is 0.723. The minimum Gasteiger partial charge on any atom is -0.480 e. The Morgan fingerprint density at radius 1 is 1.17 bits per heavy atom. The molecule has 0 amide bonds. The number of imidazole rings is 1. The SMILES string of the molecule is C#CCOc1cc(OCC#N)ccc1-c1nc2nccnc2[nH]1. The third kappa shape index (κ3) is 3.04. The number of fused-ring (bicyclic) bond motifs is 1. The molecular formula is C16H11N5O2. The lowest BCUT2D eigenvalue weighted by atomic mass is 10.2. The first-order valence-electron chi connectivity index (χ1n) is 6.69. The number of H-pyrrole nitrogens is 1. The van der Waals surface area contributed by atoms with Crippen molar-refractivity contribution >= 4 is 11.3 Å².